The molecule has 0 saturated carbocycles. The molecule has 158 valence electrons. The number of hydrogen-bond donors (Lipinski definition) is 2. The van der Waals surface area contributed by atoms with E-state index in [1.807, 2.05) is 31.6 Å². The number of carbonyl (C=O) groups is 1. The van der Waals surface area contributed by atoms with Crippen molar-refractivity contribution >= 4 is 21.6 Å². The lowest BCUT2D eigenvalue weighted by Gasteiger charge is -2.12. The molecule has 1 heterocycles. The Morgan fingerprint density at radius 1 is 1.10 bits per heavy atom. The van der Waals surface area contributed by atoms with Crippen LogP contribution >= 0.6 is 0 Å². The van der Waals surface area contributed by atoms with E-state index in [-0.39, 0.29) is 16.8 Å². The summed E-state index contributed by atoms with van der Waals surface area (Å²) in [6, 6.07) is 11.8. The first-order valence-corrected chi connectivity index (χ1v) is 11.2. The fourth-order valence-corrected chi connectivity index (χ4v) is 3.95. The molecule has 0 aliphatic heterocycles. The minimum absolute atomic E-state index is 0.171. The molecule has 0 unspecified atom stereocenters. The van der Waals surface area contributed by atoms with Crippen LogP contribution in [0.2, 0.25) is 0 Å². The van der Waals surface area contributed by atoms with E-state index in [0.29, 0.717) is 17.8 Å². The minimum atomic E-state index is -3.75. The van der Waals surface area contributed by atoms with Gasteiger partial charge in [-0.1, -0.05) is 23.8 Å². The summed E-state index contributed by atoms with van der Waals surface area (Å²) in [6.45, 7) is 8.07. The normalized spacial score (nSPS) is 11.5. The molecule has 30 heavy (non-hydrogen) atoms. The van der Waals surface area contributed by atoms with Gasteiger partial charge in [0.25, 0.3) is 15.9 Å². The zero-order valence-electron chi connectivity index (χ0n) is 17.5. The number of carbonyl (C=O) groups excluding carboxylic acids is 1. The zero-order chi connectivity index (χ0) is 21.9. The Balaban J connectivity index is 1.73. The summed E-state index contributed by atoms with van der Waals surface area (Å²) in [5.74, 6) is -0.289. The van der Waals surface area contributed by atoms with E-state index < -0.39 is 10.0 Å². The van der Waals surface area contributed by atoms with E-state index in [2.05, 4.69) is 15.1 Å². The summed E-state index contributed by atoms with van der Waals surface area (Å²) in [5.41, 5.74) is 3.34. The SMILES string of the molecule is Cc1ccc(S(=O)(=O)Nc2cc(C(=O)NCc3cnn(C(C)C)c3)ccc2C)cc1. The molecule has 0 atom stereocenters. The first kappa shape index (κ1) is 21.6. The number of aromatic nitrogens is 2. The smallest absolute Gasteiger partial charge is 0.261 e. The quantitative estimate of drug-likeness (QED) is 0.601. The third-order valence-corrected chi connectivity index (χ3v) is 6.09. The third kappa shape index (κ3) is 5.07. The van der Waals surface area contributed by atoms with Gasteiger partial charge in [0, 0.05) is 29.9 Å². The number of nitrogens with one attached hydrogen (secondary N) is 2. The predicted octanol–water partition coefficient (Wildman–Crippen LogP) is 3.81. The molecule has 0 aliphatic rings. The van der Waals surface area contributed by atoms with Crippen molar-refractivity contribution < 1.29 is 13.2 Å². The number of nitrogens with zero attached hydrogens (tertiary/aromatic N) is 2. The fourth-order valence-electron chi connectivity index (χ4n) is 2.83. The second kappa shape index (κ2) is 8.71. The van der Waals surface area contributed by atoms with E-state index >= 15 is 0 Å². The Morgan fingerprint density at radius 2 is 1.80 bits per heavy atom. The van der Waals surface area contributed by atoms with E-state index in [4.69, 9.17) is 0 Å². The second-order valence-electron chi connectivity index (χ2n) is 7.55. The van der Waals surface area contributed by atoms with E-state index in [0.717, 1.165) is 16.7 Å². The average molecular weight is 427 g/mol. The highest BCUT2D eigenvalue weighted by Gasteiger charge is 2.16. The molecule has 0 spiro atoms. The number of anilines is 1. The standard InChI is InChI=1S/C22H26N4O3S/c1-15(2)26-14-18(13-24-26)12-23-22(27)19-8-7-17(4)21(11-19)25-30(28,29)20-9-5-16(3)6-10-20/h5-11,13-15,25H,12H2,1-4H3,(H,23,27). The molecule has 3 aromatic rings. The maximum absolute atomic E-state index is 12.7. The summed E-state index contributed by atoms with van der Waals surface area (Å²) in [4.78, 5) is 12.8. The first-order chi connectivity index (χ1) is 14.2. The topological polar surface area (TPSA) is 93.1 Å². The van der Waals surface area contributed by atoms with Gasteiger partial charge in [-0.25, -0.2) is 8.42 Å². The number of amides is 1. The monoisotopic (exact) mass is 426 g/mol. The van der Waals surface area contributed by atoms with Crippen molar-refractivity contribution in [2.45, 2.75) is 45.2 Å². The van der Waals surface area contributed by atoms with Gasteiger partial charge >= 0.3 is 0 Å². The van der Waals surface area contributed by atoms with Gasteiger partial charge in [0.15, 0.2) is 0 Å². The molecule has 1 amide bonds. The van der Waals surface area contributed by atoms with Gasteiger partial charge in [-0.2, -0.15) is 5.10 Å². The Morgan fingerprint density at radius 3 is 2.43 bits per heavy atom. The summed E-state index contributed by atoms with van der Waals surface area (Å²) in [5, 5.41) is 7.10. The summed E-state index contributed by atoms with van der Waals surface area (Å²) in [7, 11) is -3.75. The molecular formula is C22H26N4O3S. The Labute approximate surface area is 177 Å². The van der Waals surface area contributed by atoms with Crippen LogP contribution < -0.4 is 10.0 Å². The molecule has 2 N–H and O–H groups in total. The van der Waals surface area contributed by atoms with Crippen molar-refractivity contribution in [2.75, 3.05) is 4.72 Å². The summed E-state index contributed by atoms with van der Waals surface area (Å²) >= 11 is 0. The van der Waals surface area contributed by atoms with Crippen molar-refractivity contribution in [1.82, 2.24) is 15.1 Å². The van der Waals surface area contributed by atoms with Crippen LogP contribution in [-0.2, 0) is 16.6 Å². The lowest BCUT2D eigenvalue weighted by atomic mass is 10.1. The minimum Gasteiger partial charge on any atom is -0.348 e. The van der Waals surface area contributed by atoms with Crippen LogP contribution in [0.4, 0.5) is 5.69 Å². The molecule has 0 fully saturated rings. The molecule has 1 aromatic heterocycles. The Kier molecular flexibility index (Phi) is 6.26. The second-order valence-corrected chi connectivity index (χ2v) is 9.24. The molecule has 7 nitrogen and oxygen atoms in total. The lowest BCUT2D eigenvalue weighted by molar-refractivity contribution is 0.0951. The predicted molar refractivity (Wildman–Crippen MR) is 117 cm³/mol. The van der Waals surface area contributed by atoms with Crippen LogP contribution in [0, 0.1) is 13.8 Å². The lowest BCUT2D eigenvalue weighted by Crippen LogP contribution is -2.23. The van der Waals surface area contributed by atoms with Crippen molar-refractivity contribution in [3.05, 3.63) is 77.1 Å². The van der Waals surface area contributed by atoms with E-state index in [1.165, 1.54) is 0 Å². The van der Waals surface area contributed by atoms with Gasteiger partial charge in [-0.3, -0.25) is 14.2 Å². The molecule has 0 bridgehead atoms. The number of hydrogen-bond acceptors (Lipinski definition) is 4. The largest absolute Gasteiger partial charge is 0.348 e. The highest BCUT2D eigenvalue weighted by Crippen LogP contribution is 2.22. The summed E-state index contributed by atoms with van der Waals surface area (Å²) in [6.07, 6.45) is 3.61. The van der Waals surface area contributed by atoms with Gasteiger partial charge in [0.05, 0.1) is 16.8 Å². The first-order valence-electron chi connectivity index (χ1n) is 9.67. The van der Waals surface area contributed by atoms with Crippen molar-refractivity contribution in [3.8, 4) is 0 Å². The average Bonchev–Trinajstić information content (AvgIpc) is 3.17. The molecule has 8 heteroatoms. The van der Waals surface area contributed by atoms with Crippen LogP contribution in [-0.4, -0.2) is 24.1 Å². The number of aryl methyl sites for hydroxylation is 2. The fraction of sp³-hybridized carbons (Fsp3) is 0.273. The summed E-state index contributed by atoms with van der Waals surface area (Å²) < 4.78 is 29.8. The molecule has 0 radical (unpaired) electrons. The highest BCUT2D eigenvalue weighted by molar-refractivity contribution is 7.92. The van der Waals surface area contributed by atoms with Crippen LogP contribution in [0.15, 0.2) is 59.8 Å². The Hall–Kier alpha value is -3.13. The van der Waals surface area contributed by atoms with Gasteiger partial charge in [-0.15, -0.1) is 0 Å². The molecule has 2 aromatic carbocycles. The van der Waals surface area contributed by atoms with Gasteiger partial charge in [0.2, 0.25) is 0 Å². The molecule has 3 rings (SSSR count). The third-order valence-electron chi connectivity index (χ3n) is 4.71. The van der Waals surface area contributed by atoms with Gasteiger partial charge in [-0.05, 0) is 57.5 Å². The van der Waals surface area contributed by atoms with Crippen molar-refractivity contribution in [3.63, 3.8) is 0 Å². The maximum Gasteiger partial charge on any atom is 0.261 e. The number of sulfonamides is 1. The zero-order valence-corrected chi connectivity index (χ0v) is 18.3. The number of rotatable bonds is 7. The van der Waals surface area contributed by atoms with Crippen LogP contribution in [0.25, 0.3) is 0 Å². The molecule has 0 saturated heterocycles. The van der Waals surface area contributed by atoms with Crippen molar-refractivity contribution in [1.29, 1.82) is 0 Å². The Bertz CT molecular complexity index is 1150. The number of benzene rings is 2. The van der Waals surface area contributed by atoms with Crippen molar-refractivity contribution in [2.24, 2.45) is 0 Å². The van der Waals surface area contributed by atoms with Gasteiger partial charge < -0.3 is 5.32 Å². The van der Waals surface area contributed by atoms with Crippen LogP contribution in [0.5, 0.6) is 0 Å². The van der Waals surface area contributed by atoms with Crippen LogP contribution in [0.3, 0.4) is 0 Å². The maximum atomic E-state index is 12.7. The van der Waals surface area contributed by atoms with Crippen LogP contribution in [0.1, 0.15) is 46.9 Å². The van der Waals surface area contributed by atoms with E-state index in [9.17, 15) is 13.2 Å². The highest BCUT2D eigenvalue weighted by atomic mass is 32.2. The molecular weight excluding hydrogens is 400 g/mol. The van der Waals surface area contributed by atoms with Gasteiger partial charge in [0.1, 0.15) is 0 Å². The molecule has 0 aliphatic carbocycles. The van der Waals surface area contributed by atoms with E-state index in [1.54, 1.807) is 55.6 Å².